The topological polar surface area (TPSA) is 86.8 Å². The number of anilines is 1. The van der Waals surface area contributed by atoms with Gasteiger partial charge < -0.3 is 10.2 Å². The van der Waals surface area contributed by atoms with E-state index in [0.717, 1.165) is 25.5 Å². The van der Waals surface area contributed by atoms with Gasteiger partial charge in [-0.3, -0.25) is 13.9 Å². The predicted octanol–water partition coefficient (Wildman–Crippen LogP) is 6.69. The number of nitrogens with zero attached hydrogens (tertiary/aromatic N) is 2. The first kappa shape index (κ1) is 33.2. The van der Waals surface area contributed by atoms with Crippen LogP contribution in [0.3, 0.4) is 0 Å². The molecule has 4 aromatic rings. The van der Waals surface area contributed by atoms with Gasteiger partial charge in [0.1, 0.15) is 12.6 Å². The maximum absolute atomic E-state index is 14.5. The number of sulfonamides is 1. The summed E-state index contributed by atoms with van der Waals surface area (Å²) in [6, 6.07) is 27.4. The predicted molar refractivity (Wildman–Crippen MR) is 179 cm³/mol. The smallest absolute Gasteiger partial charge is 0.264 e. The van der Waals surface area contributed by atoms with Crippen LogP contribution in [0.5, 0.6) is 0 Å². The van der Waals surface area contributed by atoms with Crippen LogP contribution in [0, 0.1) is 13.8 Å². The Kier molecular flexibility index (Phi) is 11.2. The van der Waals surface area contributed by atoms with Crippen LogP contribution in [0.2, 0.25) is 5.02 Å². The molecule has 0 aromatic heterocycles. The Morgan fingerprint density at radius 3 is 2.20 bits per heavy atom. The number of rotatable bonds is 12. The number of nitrogens with one attached hydrogen (secondary N) is 1. The number of likely N-dealkylation sites (N-methyl/N-ethyl adjacent to an activating group) is 1. The van der Waals surface area contributed by atoms with Gasteiger partial charge >= 0.3 is 0 Å². The van der Waals surface area contributed by atoms with Gasteiger partial charge in [-0.2, -0.15) is 0 Å². The van der Waals surface area contributed by atoms with E-state index in [0.29, 0.717) is 17.1 Å². The first-order chi connectivity index (χ1) is 21.0. The largest absolute Gasteiger partial charge is 0.355 e. The summed E-state index contributed by atoms with van der Waals surface area (Å²) in [5, 5.41) is 3.24. The molecular weight excluding hydrogens is 662 g/mol. The van der Waals surface area contributed by atoms with Gasteiger partial charge in [0.2, 0.25) is 11.8 Å². The lowest BCUT2D eigenvalue weighted by Crippen LogP contribution is -2.53. The van der Waals surface area contributed by atoms with Gasteiger partial charge in [0, 0.05) is 29.0 Å². The zero-order valence-electron chi connectivity index (χ0n) is 24.8. The lowest BCUT2D eigenvalue weighted by molar-refractivity contribution is -0.140. The van der Waals surface area contributed by atoms with Crippen molar-refractivity contribution in [3.63, 3.8) is 0 Å². The SMILES string of the molecule is CCNC(=O)[C@@H](Cc1ccccc1)N(Cc1cccc(Br)c1)C(=O)CN(c1cccc(Cl)c1C)S(=O)(=O)c1ccc(C)cc1. The molecule has 4 aromatic carbocycles. The molecule has 0 fully saturated rings. The monoisotopic (exact) mass is 695 g/mol. The second kappa shape index (κ2) is 14.9. The molecule has 230 valence electrons. The molecule has 4 rings (SSSR count). The van der Waals surface area contributed by atoms with E-state index < -0.39 is 28.5 Å². The normalized spacial score (nSPS) is 11.9. The van der Waals surface area contributed by atoms with Crippen molar-refractivity contribution in [2.24, 2.45) is 0 Å². The van der Waals surface area contributed by atoms with E-state index >= 15 is 0 Å². The third kappa shape index (κ3) is 8.08. The zero-order valence-corrected chi connectivity index (χ0v) is 28.0. The Balaban J connectivity index is 1.83. The number of hydrogen-bond donors (Lipinski definition) is 1. The Labute approximate surface area is 273 Å². The van der Waals surface area contributed by atoms with Crippen molar-refractivity contribution >= 4 is 55.1 Å². The number of amides is 2. The number of hydrogen-bond acceptors (Lipinski definition) is 4. The van der Waals surface area contributed by atoms with Gasteiger partial charge in [-0.25, -0.2) is 8.42 Å². The molecule has 0 heterocycles. The van der Waals surface area contributed by atoms with Crippen LogP contribution < -0.4 is 9.62 Å². The molecule has 10 heteroatoms. The van der Waals surface area contributed by atoms with E-state index in [1.165, 1.54) is 17.0 Å². The summed E-state index contributed by atoms with van der Waals surface area (Å²) in [6.45, 7) is 5.31. The van der Waals surface area contributed by atoms with Crippen LogP contribution in [-0.4, -0.2) is 44.3 Å². The van der Waals surface area contributed by atoms with E-state index in [9.17, 15) is 18.0 Å². The molecule has 1 N–H and O–H groups in total. The van der Waals surface area contributed by atoms with E-state index in [4.69, 9.17) is 11.6 Å². The van der Waals surface area contributed by atoms with Crippen LogP contribution in [0.1, 0.15) is 29.2 Å². The van der Waals surface area contributed by atoms with Crippen molar-refractivity contribution in [1.82, 2.24) is 10.2 Å². The van der Waals surface area contributed by atoms with E-state index in [-0.39, 0.29) is 29.5 Å². The molecule has 0 radical (unpaired) electrons. The van der Waals surface area contributed by atoms with Crippen molar-refractivity contribution in [3.05, 3.63) is 129 Å². The molecule has 0 aliphatic heterocycles. The fraction of sp³-hybridized carbons (Fsp3) is 0.235. The average molecular weight is 697 g/mol. The van der Waals surface area contributed by atoms with Gasteiger partial charge in [0.25, 0.3) is 10.0 Å². The Morgan fingerprint density at radius 1 is 0.886 bits per heavy atom. The minimum absolute atomic E-state index is 0.0402. The van der Waals surface area contributed by atoms with Crippen LogP contribution in [0.25, 0.3) is 0 Å². The van der Waals surface area contributed by atoms with Gasteiger partial charge in [0.05, 0.1) is 10.6 Å². The summed E-state index contributed by atoms with van der Waals surface area (Å²) in [5.74, 6) is -0.862. The van der Waals surface area contributed by atoms with Crippen molar-refractivity contribution in [1.29, 1.82) is 0 Å². The minimum atomic E-state index is -4.21. The highest BCUT2D eigenvalue weighted by Crippen LogP contribution is 2.31. The molecule has 0 bridgehead atoms. The highest BCUT2D eigenvalue weighted by atomic mass is 79.9. The van der Waals surface area contributed by atoms with Crippen LogP contribution in [0.15, 0.2) is 106 Å². The number of benzene rings is 4. The molecular formula is C34H35BrClN3O4S. The maximum atomic E-state index is 14.5. The fourth-order valence-electron chi connectivity index (χ4n) is 4.90. The molecule has 2 amide bonds. The molecule has 0 unspecified atom stereocenters. The second-order valence-corrected chi connectivity index (χ2v) is 13.6. The highest BCUT2D eigenvalue weighted by Gasteiger charge is 2.35. The first-order valence-corrected chi connectivity index (χ1v) is 16.8. The fourth-order valence-corrected chi connectivity index (χ4v) is 6.98. The van der Waals surface area contributed by atoms with Gasteiger partial charge in [-0.15, -0.1) is 0 Å². The Morgan fingerprint density at radius 2 is 1.55 bits per heavy atom. The average Bonchev–Trinajstić information content (AvgIpc) is 3.00. The molecule has 0 saturated carbocycles. The van der Waals surface area contributed by atoms with Crippen LogP contribution >= 0.6 is 27.5 Å². The van der Waals surface area contributed by atoms with E-state index in [2.05, 4.69) is 21.2 Å². The highest BCUT2D eigenvalue weighted by molar-refractivity contribution is 9.10. The molecule has 7 nitrogen and oxygen atoms in total. The number of carbonyl (C=O) groups is 2. The molecule has 0 aliphatic carbocycles. The third-order valence-electron chi connectivity index (χ3n) is 7.26. The van der Waals surface area contributed by atoms with Crippen molar-refractivity contribution in [3.8, 4) is 0 Å². The van der Waals surface area contributed by atoms with Crippen LogP contribution in [-0.2, 0) is 32.6 Å². The summed E-state index contributed by atoms with van der Waals surface area (Å²) in [5.41, 5.74) is 3.34. The summed E-state index contributed by atoms with van der Waals surface area (Å²) in [6.07, 6.45) is 0.243. The van der Waals surface area contributed by atoms with Crippen molar-refractivity contribution in [2.45, 2.75) is 44.7 Å². The van der Waals surface area contributed by atoms with Crippen LogP contribution in [0.4, 0.5) is 5.69 Å². The van der Waals surface area contributed by atoms with Gasteiger partial charge in [0.15, 0.2) is 0 Å². The summed E-state index contributed by atoms with van der Waals surface area (Å²) in [4.78, 5) is 29.6. The number of carbonyl (C=O) groups excluding carboxylic acids is 2. The molecule has 44 heavy (non-hydrogen) atoms. The zero-order chi connectivity index (χ0) is 31.9. The summed E-state index contributed by atoms with van der Waals surface area (Å²) < 4.78 is 30.3. The van der Waals surface area contributed by atoms with E-state index in [1.54, 1.807) is 37.3 Å². The molecule has 0 saturated heterocycles. The van der Waals surface area contributed by atoms with Gasteiger partial charge in [-0.05, 0) is 73.9 Å². The number of halogens is 2. The minimum Gasteiger partial charge on any atom is -0.355 e. The second-order valence-electron chi connectivity index (χ2n) is 10.5. The summed E-state index contributed by atoms with van der Waals surface area (Å²) in [7, 11) is -4.21. The Bertz CT molecular complexity index is 1720. The Hall–Kier alpha value is -3.66. The number of aryl methyl sites for hydroxylation is 1. The van der Waals surface area contributed by atoms with Crippen molar-refractivity contribution < 1.29 is 18.0 Å². The first-order valence-electron chi connectivity index (χ1n) is 14.2. The molecule has 1 atom stereocenters. The maximum Gasteiger partial charge on any atom is 0.264 e. The lowest BCUT2D eigenvalue weighted by Gasteiger charge is -2.34. The van der Waals surface area contributed by atoms with Crippen molar-refractivity contribution in [2.75, 3.05) is 17.4 Å². The quantitative estimate of drug-likeness (QED) is 0.179. The van der Waals surface area contributed by atoms with E-state index in [1.807, 2.05) is 68.4 Å². The molecule has 0 aliphatic rings. The third-order valence-corrected chi connectivity index (χ3v) is 9.94. The van der Waals surface area contributed by atoms with Gasteiger partial charge in [-0.1, -0.05) is 93.8 Å². The standard InChI is InChI=1S/C34H35BrClN3O4S/c1-4-37-34(41)32(21-26-10-6-5-7-11-26)38(22-27-12-8-13-28(35)20-27)33(40)23-39(31-15-9-14-30(36)25(31)3)44(42,43)29-18-16-24(2)17-19-29/h5-20,32H,4,21-23H2,1-3H3,(H,37,41)/t32-/m1/s1. The summed E-state index contributed by atoms with van der Waals surface area (Å²) >= 11 is 9.93. The lowest BCUT2D eigenvalue weighted by atomic mass is 10.0. The molecule has 0 spiro atoms.